The topological polar surface area (TPSA) is 84.9 Å². The maximum absolute atomic E-state index is 5.45. The minimum atomic E-state index is 0. The smallest absolute Gasteiger partial charge is 0.233 e. The summed E-state index contributed by atoms with van der Waals surface area (Å²) in [5, 5.41) is 3.28. The van der Waals surface area contributed by atoms with Crippen molar-refractivity contribution >= 4 is 35.9 Å². The molecule has 2 aliphatic rings. The monoisotopic (exact) mass is 408 g/mol. The van der Waals surface area contributed by atoms with E-state index in [4.69, 9.17) is 19.2 Å². The van der Waals surface area contributed by atoms with Crippen LogP contribution in [0.3, 0.4) is 0 Å². The van der Waals surface area contributed by atoms with E-state index in [2.05, 4.69) is 25.1 Å². The first-order valence-electron chi connectivity index (χ1n) is 9.14. The van der Waals surface area contributed by atoms with Gasteiger partial charge >= 0.3 is 0 Å². The third-order valence-corrected chi connectivity index (χ3v) is 4.55. The summed E-state index contributed by atoms with van der Waals surface area (Å²) in [5.41, 5.74) is 0.892. The molecular weight excluding hydrogens is 384 g/mol. The first-order valence-corrected chi connectivity index (χ1v) is 9.14. The van der Waals surface area contributed by atoms with Gasteiger partial charge in [0.05, 0.1) is 33.5 Å². The zero-order valence-electron chi connectivity index (χ0n) is 15.8. The average molecular weight is 409 g/mol. The van der Waals surface area contributed by atoms with E-state index in [9.17, 15) is 0 Å². The van der Waals surface area contributed by atoms with Crippen LogP contribution in [0.4, 0.5) is 23.5 Å². The molecule has 0 aliphatic carbocycles. The third kappa shape index (κ3) is 4.92. The lowest BCUT2D eigenvalue weighted by atomic mass is 10.3. The number of nitrogens with one attached hydrogen (secondary N) is 1. The average Bonchev–Trinajstić information content (AvgIpc) is 2.75. The van der Waals surface area contributed by atoms with Crippen molar-refractivity contribution in [1.29, 1.82) is 0 Å². The second-order valence-electron chi connectivity index (χ2n) is 6.31. The molecule has 1 aromatic heterocycles. The van der Waals surface area contributed by atoms with Crippen LogP contribution in [-0.2, 0) is 9.47 Å². The van der Waals surface area contributed by atoms with Gasteiger partial charge in [0.1, 0.15) is 5.75 Å². The molecule has 2 saturated heterocycles. The summed E-state index contributed by atoms with van der Waals surface area (Å²) in [5.74, 6) is 2.67. The molecule has 1 N–H and O–H groups in total. The van der Waals surface area contributed by atoms with Crippen molar-refractivity contribution < 1.29 is 14.2 Å². The van der Waals surface area contributed by atoms with Gasteiger partial charge in [0.15, 0.2) is 0 Å². The molecule has 28 heavy (non-hydrogen) atoms. The van der Waals surface area contributed by atoms with Crippen molar-refractivity contribution in [1.82, 2.24) is 15.0 Å². The van der Waals surface area contributed by atoms with E-state index in [1.807, 2.05) is 24.3 Å². The molecule has 0 saturated carbocycles. The molecule has 3 heterocycles. The van der Waals surface area contributed by atoms with Gasteiger partial charge in [-0.05, 0) is 24.3 Å². The Hall–Kier alpha value is -2.36. The SMILES string of the molecule is COc1ccc(Nc2nc(N3CCOCC3)nc(N3CCOCC3)n2)cc1.Cl. The first kappa shape index (κ1) is 20.4. The number of hydrogen-bond donors (Lipinski definition) is 1. The maximum Gasteiger partial charge on any atom is 0.233 e. The number of halogens is 1. The number of morpholine rings is 2. The third-order valence-electron chi connectivity index (χ3n) is 4.55. The Kier molecular flexibility index (Phi) is 7.07. The molecule has 1 aromatic carbocycles. The summed E-state index contributed by atoms with van der Waals surface area (Å²) >= 11 is 0. The van der Waals surface area contributed by atoms with E-state index in [1.54, 1.807) is 7.11 Å². The molecule has 0 amide bonds. The van der Waals surface area contributed by atoms with Gasteiger partial charge in [-0.2, -0.15) is 15.0 Å². The zero-order valence-corrected chi connectivity index (χ0v) is 16.7. The number of anilines is 4. The summed E-state index contributed by atoms with van der Waals surface area (Å²) in [6.07, 6.45) is 0. The van der Waals surface area contributed by atoms with Crippen molar-refractivity contribution in [3.8, 4) is 5.75 Å². The van der Waals surface area contributed by atoms with Gasteiger partial charge in [0.25, 0.3) is 0 Å². The molecule has 152 valence electrons. The lowest BCUT2D eigenvalue weighted by Crippen LogP contribution is -2.40. The van der Waals surface area contributed by atoms with Crippen molar-refractivity contribution in [2.24, 2.45) is 0 Å². The normalized spacial score (nSPS) is 17.0. The van der Waals surface area contributed by atoms with Gasteiger partial charge in [-0.1, -0.05) is 0 Å². The summed E-state index contributed by atoms with van der Waals surface area (Å²) in [6.45, 7) is 5.81. The highest BCUT2D eigenvalue weighted by Gasteiger charge is 2.20. The number of hydrogen-bond acceptors (Lipinski definition) is 9. The van der Waals surface area contributed by atoms with Crippen molar-refractivity contribution in [2.45, 2.75) is 0 Å². The van der Waals surface area contributed by atoms with Crippen LogP contribution in [0.5, 0.6) is 5.75 Å². The lowest BCUT2D eigenvalue weighted by molar-refractivity contribution is 0.121. The Labute approximate surface area is 170 Å². The standard InChI is InChI=1S/C18H24N6O3.ClH/c1-25-15-4-2-14(3-5-15)19-16-20-17(23-6-10-26-11-7-23)22-18(21-16)24-8-12-27-13-9-24;/h2-5H,6-13H2,1H3,(H,19,20,21,22);1H. The second kappa shape index (κ2) is 9.72. The molecule has 0 unspecified atom stereocenters. The molecule has 2 aliphatic heterocycles. The molecule has 0 bridgehead atoms. The maximum atomic E-state index is 5.45. The van der Waals surface area contributed by atoms with Crippen LogP contribution in [0, 0.1) is 0 Å². The van der Waals surface area contributed by atoms with Gasteiger partial charge in [0.2, 0.25) is 17.8 Å². The van der Waals surface area contributed by atoms with E-state index in [0.29, 0.717) is 44.3 Å². The van der Waals surface area contributed by atoms with Crippen LogP contribution in [0.25, 0.3) is 0 Å². The number of benzene rings is 1. The summed E-state index contributed by atoms with van der Waals surface area (Å²) in [6, 6.07) is 7.67. The van der Waals surface area contributed by atoms with Gasteiger partial charge in [-0.15, -0.1) is 12.4 Å². The van der Waals surface area contributed by atoms with Gasteiger partial charge < -0.3 is 29.3 Å². The lowest BCUT2D eigenvalue weighted by Gasteiger charge is -2.30. The Morgan fingerprint density at radius 1 is 0.821 bits per heavy atom. The van der Waals surface area contributed by atoms with Gasteiger partial charge in [-0.3, -0.25) is 0 Å². The fraction of sp³-hybridized carbons (Fsp3) is 0.500. The van der Waals surface area contributed by atoms with Crippen LogP contribution in [0.1, 0.15) is 0 Å². The van der Waals surface area contributed by atoms with E-state index in [1.165, 1.54) is 0 Å². The minimum absolute atomic E-state index is 0. The second-order valence-corrected chi connectivity index (χ2v) is 6.31. The fourth-order valence-corrected chi connectivity index (χ4v) is 3.02. The summed E-state index contributed by atoms with van der Waals surface area (Å²) in [7, 11) is 1.65. The highest BCUT2D eigenvalue weighted by atomic mass is 35.5. The van der Waals surface area contributed by atoms with Crippen molar-refractivity contribution in [2.75, 3.05) is 74.8 Å². The van der Waals surface area contributed by atoms with E-state index >= 15 is 0 Å². The molecule has 10 heteroatoms. The number of methoxy groups -OCH3 is 1. The predicted molar refractivity (Wildman–Crippen MR) is 109 cm³/mol. The van der Waals surface area contributed by atoms with Gasteiger partial charge in [-0.25, -0.2) is 0 Å². The van der Waals surface area contributed by atoms with E-state index in [0.717, 1.165) is 37.6 Å². The minimum Gasteiger partial charge on any atom is -0.497 e. The number of ether oxygens (including phenoxy) is 3. The Balaban J connectivity index is 0.00000225. The van der Waals surface area contributed by atoms with Crippen LogP contribution in [0.15, 0.2) is 24.3 Å². The Bertz CT molecular complexity index is 715. The number of aromatic nitrogens is 3. The number of rotatable bonds is 5. The highest BCUT2D eigenvalue weighted by molar-refractivity contribution is 5.85. The molecule has 0 radical (unpaired) electrons. The molecule has 9 nitrogen and oxygen atoms in total. The Morgan fingerprint density at radius 2 is 1.32 bits per heavy atom. The molecule has 0 spiro atoms. The predicted octanol–water partition coefficient (Wildman–Crippen LogP) is 1.72. The van der Waals surface area contributed by atoms with Crippen LogP contribution in [0.2, 0.25) is 0 Å². The summed E-state index contributed by atoms with van der Waals surface area (Å²) < 4.78 is 16.1. The van der Waals surface area contributed by atoms with Crippen LogP contribution < -0.4 is 19.9 Å². The van der Waals surface area contributed by atoms with Gasteiger partial charge in [0, 0.05) is 31.9 Å². The number of nitrogens with zero attached hydrogens (tertiary/aromatic N) is 5. The zero-order chi connectivity index (χ0) is 18.5. The van der Waals surface area contributed by atoms with Crippen LogP contribution in [-0.4, -0.2) is 74.7 Å². The highest BCUT2D eigenvalue weighted by Crippen LogP contribution is 2.22. The molecule has 2 aromatic rings. The molecule has 0 atom stereocenters. The van der Waals surface area contributed by atoms with Crippen LogP contribution >= 0.6 is 12.4 Å². The molecule has 4 rings (SSSR count). The van der Waals surface area contributed by atoms with Crippen molar-refractivity contribution in [3.63, 3.8) is 0 Å². The molecule has 2 fully saturated rings. The quantitative estimate of drug-likeness (QED) is 0.794. The first-order chi connectivity index (χ1) is 13.3. The van der Waals surface area contributed by atoms with E-state index in [-0.39, 0.29) is 12.4 Å². The fourth-order valence-electron chi connectivity index (χ4n) is 3.02. The summed E-state index contributed by atoms with van der Waals surface area (Å²) in [4.78, 5) is 18.3. The van der Waals surface area contributed by atoms with Crippen molar-refractivity contribution in [3.05, 3.63) is 24.3 Å². The largest absolute Gasteiger partial charge is 0.497 e. The molecular formula is C18H25ClN6O3. The Morgan fingerprint density at radius 3 is 1.79 bits per heavy atom. The van der Waals surface area contributed by atoms with E-state index < -0.39 is 0 Å².